The van der Waals surface area contributed by atoms with Crippen molar-refractivity contribution in [2.24, 2.45) is 15.6 Å². The molecule has 2 aromatic rings. The Labute approximate surface area is 168 Å². The summed E-state index contributed by atoms with van der Waals surface area (Å²) < 4.78 is 0.918. The van der Waals surface area contributed by atoms with E-state index < -0.39 is 23.4 Å². The van der Waals surface area contributed by atoms with Crippen LogP contribution in [0.4, 0.5) is 5.69 Å². The van der Waals surface area contributed by atoms with E-state index in [0.29, 0.717) is 15.7 Å². The topological polar surface area (TPSA) is 62.1 Å². The van der Waals surface area contributed by atoms with Crippen LogP contribution in [-0.4, -0.2) is 17.9 Å². The maximum atomic E-state index is 13.3. The second kappa shape index (κ2) is 6.15. The van der Waals surface area contributed by atoms with Crippen LogP contribution in [-0.2, 0) is 9.59 Å². The minimum Gasteiger partial charge on any atom is -0.273 e. The van der Waals surface area contributed by atoms with E-state index in [-0.39, 0.29) is 5.91 Å². The Balaban J connectivity index is 1.78. The first-order valence-corrected chi connectivity index (χ1v) is 9.37. The molecule has 1 fully saturated rings. The van der Waals surface area contributed by atoms with Crippen LogP contribution in [0.3, 0.4) is 0 Å². The fraction of sp³-hybridized carbons (Fsp3) is 0.222. The van der Waals surface area contributed by atoms with Gasteiger partial charge in [-0.15, -0.1) is 0 Å². The molecule has 0 aliphatic carbocycles. The maximum absolute atomic E-state index is 13.3. The van der Waals surface area contributed by atoms with Crippen molar-refractivity contribution in [3.8, 4) is 0 Å². The van der Waals surface area contributed by atoms with Gasteiger partial charge in [0.15, 0.2) is 6.04 Å². The minimum atomic E-state index is -1.08. The molecule has 26 heavy (non-hydrogen) atoms. The van der Waals surface area contributed by atoms with Gasteiger partial charge in [-0.25, -0.2) is 4.90 Å². The molecule has 2 aromatic carbocycles. The van der Waals surface area contributed by atoms with Crippen molar-refractivity contribution in [1.82, 2.24) is 0 Å². The summed E-state index contributed by atoms with van der Waals surface area (Å²) in [5, 5.41) is 9.08. The Bertz CT molecular complexity index is 943. The van der Waals surface area contributed by atoms with Gasteiger partial charge in [0.2, 0.25) is 5.91 Å². The Morgan fingerprint density at radius 2 is 1.58 bits per heavy atom. The smallest absolute Gasteiger partial charge is 0.261 e. The lowest BCUT2D eigenvalue weighted by Gasteiger charge is -2.26. The molecule has 8 heteroatoms. The molecule has 132 valence electrons. The summed E-state index contributed by atoms with van der Waals surface area (Å²) in [6, 6.07) is 10.7. The van der Waals surface area contributed by atoms with Crippen LogP contribution in [0.2, 0.25) is 10.0 Å². The average molecular weight is 453 g/mol. The van der Waals surface area contributed by atoms with E-state index >= 15 is 0 Å². The van der Waals surface area contributed by atoms with Gasteiger partial charge in [0, 0.05) is 14.5 Å². The number of carbonyl (C=O) groups excluding carboxylic acids is 2. The molecule has 0 saturated carbocycles. The number of halogens is 3. The zero-order chi connectivity index (χ0) is 18.6. The first-order valence-electron chi connectivity index (χ1n) is 7.82. The molecule has 3 unspecified atom stereocenters. The fourth-order valence-corrected chi connectivity index (χ4v) is 4.28. The van der Waals surface area contributed by atoms with E-state index in [4.69, 9.17) is 23.2 Å². The van der Waals surface area contributed by atoms with E-state index in [1.165, 1.54) is 0 Å². The first kappa shape index (κ1) is 17.6. The van der Waals surface area contributed by atoms with Crippen LogP contribution in [0.15, 0.2) is 57.2 Å². The number of amides is 2. The van der Waals surface area contributed by atoms with Crippen LogP contribution < -0.4 is 4.90 Å². The molecule has 2 heterocycles. The van der Waals surface area contributed by atoms with Crippen molar-refractivity contribution in [3.05, 3.63) is 62.5 Å². The molecule has 3 atom stereocenters. The molecule has 0 aromatic heterocycles. The maximum Gasteiger partial charge on any atom is 0.261 e. The van der Waals surface area contributed by atoms with E-state index in [1.54, 1.807) is 25.1 Å². The van der Waals surface area contributed by atoms with Crippen molar-refractivity contribution in [3.63, 3.8) is 0 Å². The highest BCUT2D eigenvalue weighted by atomic mass is 79.9. The van der Waals surface area contributed by atoms with Crippen LogP contribution in [0.25, 0.3) is 0 Å². The number of anilines is 1. The predicted octanol–water partition coefficient (Wildman–Crippen LogP) is 5.21. The van der Waals surface area contributed by atoms with Gasteiger partial charge in [-0.05, 0) is 42.8 Å². The van der Waals surface area contributed by atoms with E-state index in [1.807, 2.05) is 24.3 Å². The highest BCUT2D eigenvalue weighted by molar-refractivity contribution is 9.10. The Morgan fingerprint density at radius 1 is 1.00 bits per heavy atom. The van der Waals surface area contributed by atoms with Crippen molar-refractivity contribution in [2.75, 3.05) is 4.90 Å². The first-order chi connectivity index (χ1) is 12.3. The number of benzene rings is 2. The number of carbonyl (C=O) groups is 2. The van der Waals surface area contributed by atoms with Gasteiger partial charge in [-0.2, -0.15) is 10.2 Å². The van der Waals surface area contributed by atoms with Gasteiger partial charge >= 0.3 is 0 Å². The van der Waals surface area contributed by atoms with Gasteiger partial charge < -0.3 is 0 Å². The SMILES string of the molecule is CC12C(=O)N(c3cc(Cl)cc(Cl)c3)C(=O)C1N=NC2c1ccc(Br)cc1. The lowest BCUT2D eigenvalue weighted by molar-refractivity contribution is -0.125. The molecule has 0 spiro atoms. The van der Waals surface area contributed by atoms with Crippen molar-refractivity contribution in [1.29, 1.82) is 0 Å². The summed E-state index contributed by atoms with van der Waals surface area (Å²) >= 11 is 15.5. The zero-order valence-electron chi connectivity index (χ0n) is 13.5. The third kappa shape index (κ3) is 2.51. The quantitative estimate of drug-likeness (QED) is 0.587. The van der Waals surface area contributed by atoms with Gasteiger partial charge in [0.25, 0.3) is 5.91 Å². The summed E-state index contributed by atoms with van der Waals surface area (Å²) in [5.74, 6) is -0.775. The van der Waals surface area contributed by atoms with E-state index in [0.717, 1.165) is 14.9 Å². The number of rotatable bonds is 2. The van der Waals surface area contributed by atoms with Crippen molar-refractivity contribution in [2.45, 2.75) is 19.0 Å². The lowest BCUT2D eigenvalue weighted by Crippen LogP contribution is -2.37. The molecular formula is C18H12BrCl2N3O2. The normalized spacial score (nSPS) is 27.3. The van der Waals surface area contributed by atoms with Gasteiger partial charge in [-0.3, -0.25) is 9.59 Å². The van der Waals surface area contributed by atoms with Gasteiger partial charge in [0.05, 0.1) is 5.69 Å². The van der Waals surface area contributed by atoms with E-state index in [2.05, 4.69) is 26.2 Å². The summed E-state index contributed by atoms with van der Waals surface area (Å²) in [6.45, 7) is 1.73. The van der Waals surface area contributed by atoms with Crippen LogP contribution in [0, 0.1) is 5.41 Å². The molecule has 0 N–H and O–H groups in total. The summed E-state index contributed by atoms with van der Waals surface area (Å²) in [5.41, 5.74) is 0.0895. The monoisotopic (exact) mass is 451 g/mol. The standard InChI is InChI=1S/C18H12BrCl2N3O2/c1-18-14(9-2-4-10(19)5-3-9)22-23-15(18)16(25)24(17(18)26)13-7-11(20)6-12(21)8-13/h2-8,14-15H,1H3. The largest absolute Gasteiger partial charge is 0.273 e. The molecule has 0 radical (unpaired) electrons. The fourth-order valence-electron chi connectivity index (χ4n) is 3.50. The second-order valence-electron chi connectivity index (χ2n) is 6.48. The zero-order valence-corrected chi connectivity index (χ0v) is 16.6. The highest BCUT2D eigenvalue weighted by Crippen LogP contribution is 2.52. The molecule has 5 nitrogen and oxygen atoms in total. The molecular weight excluding hydrogens is 441 g/mol. The number of nitrogens with zero attached hydrogens (tertiary/aromatic N) is 3. The van der Waals surface area contributed by atoms with Crippen LogP contribution in [0.5, 0.6) is 0 Å². The number of azo groups is 1. The third-order valence-electron chi connectivity index (χ3n) is 4.84. The molecule has 2 amide bonds. The van der Waals surface area contributed by atoms with Crippen LogP contribution >= 0.6 is 39.1 Å². The Hall–Kier alpha value is -1.76. The molecule has 4 rings (SSSR count). The highest BCUT2D eigenvalue weighted by Gasteiger charge is 2.64. The third-order valence-corrected chi connectivity index (χ3v) is 5.81. The summed E-state index contributed by atoms with van der Waals surface area (Å²) in [4.78, 5) is 27.3. The summed E-state index contributed by atoms with van der Waals surface area (Å²) in [7, 11) is 0. The Morgan fingerprint density at radius 3 is 2.19 bits per heavy atom. The minimum absolute atomic E-state index is 0.345. The van der Waals surface area contributed by atoms with Crippen molar-refractivity contribution >= 4 is 56.6 Å². The molecule has 0 bridgehead atoms. The number of hydrogen-bond acceptors (Lipinski definition) is 4. The van der Waals surface area contributed by atoms with Crippen molar-refractivity contribution < 1.29 is 9.59 Å². The summed E-state index contributed by atoms with van der Waals surface area (Å²) in [6.07, 6.45) is 0. The van der Waals surface area contributed by atoms with E-state index in [9.17, 15) is 9.59 Å². The average Bonchev–Trinajstić information content (AvgIpc) is 3.01. The Kier molecular flexibility index (Phi) is 4.17. The lowest BCUT2D eigenvalue weighted by atomic mass is 9.76. The molecule has 1 saturated heterocycles. The molecule has 2 aliphatic heterocycles. The number of imide groups is 1. The van der Waals surface area contributed by atoms with Gasteiger partial charge in [0.1, 0.15) is 11.5 Å². The predicted molar refractivity (Wildman–Crippen MR) is 103 cm³/mol. The number of hydrogen-bond donors (Lipinski definition) is 0. The second-order valence-corrected chi connectivity index (χ2v) is 8.27. The number of fused-ring (bicyclic) bond motifs is 1. The van der Waals surface area contributed by atoms with Gasteiger partial charge in [-0.1, -0.05) is 51.3 Å². The molecule has 2 aliphatic rings. The van der Waals surface area contributed by atoms with Crippen LogP contribution in [0.1, 0.15) is 18.5 Å².